The van der Waals surface area contributed by atoms with Gasteiger partial charge in [0.2, 0.25) is 0 Å². The molecule has 2 N–H and O–H groups in total. The lowest BCUT2D eigenvalue weighted by atomic mass is 10.3. The standard InChI is InChI=1S/C16H21N7O2S/c1-11-16(12(2)23(4)19-11)21-26(24,25)14-5-6-15(18-10-14)17-9-13-7-8-22(3)20-13/h5-8,10,21H,9H2,1-4H3,(H,17,18). The number of rotatable bonds is 6. The molecule has 26 heavy (non-hydrogen) atoms. The Morgan fingerprint density at radius 1 is 1.12 bits per heavy atom. The molecule has 0 atom stereocenters. The summed E-state index contributed by atoms with van der Waals surface area (Å²) >= 11 is 0. The van der Waals surface area contributed by atoms with E-state index in [2.05, 4.69) is 25.2 Å². The second-order valence-electron chi connectivity index (χ2n) is 5.99. The maximum absolute atomic E-state index is 12.6. The molecule has 0 aromatic carbocycles. The molecule has 0 aliphatic rings. The van der Waals surface area contributed by atoms with Crippen molar-refractivity contribution in [1.82, 2.24) is 24.5 Å². The fourth-order valence-electron chi connectivity index (χ4n) is 2.50. The molecule has 0 amide bonds. The van der Waals surface area contributed by atoms with Crippen LogP contribution in [0, 0.1) is 13.8 Å². The van der Waals surface area contributed by atoms with Gasteiger partial charge in [-0.3, -0.25) is 14.1 Å². The van der Waals surface area contributed by atoms with E-state index in [9.17, 15) is 8.42 Å². The van der Waals surface area contributed by atoms with Crippen molar-refractivity contribution in [3.05, 3.63) is 47.7 Å². The van der Waals surface area contributed by atoms with Crippen molar-refractivity contribution in [1.29, 1.82) is 0 Å². The molecule has 0 bridgehead atoms. The molecule has 3 rings (SSSR count). The van der Waals surface area contributed by atoms with Crippen molar-refractivity contribution in [2.24, 2.45) is 14.1 Å². The van der Waals surface area contributed by atoms with Crippen LogP contribution in [-0.4, -0.2) is 33.0 Å². The molecule has 0 aliphatic carbocycles. The van der Waals surface area contributed by atoms with Crippen LogP contribution in [0.5, 0.6) is 0 Å². The molecule has 0 radical (unpaired) electrons. The van der Waals surface area contributed by atoms with Crippen LogP contribution < -0.4 is 10.0 Å². The van der Waals surface area contributed by atoms with Gasteiger partial charge in [0.15, 0.2) is 0 Å². The van der Waals surface area contributed by atoms with Gasteiger partial charge in [-0.25, -0.2) is 13.4 Å². The van der Waals surface area contributed by atoms with E-state index in [1.54, 1.807) is 36.3 Å². The fourth-order valence-corrected chi connectivity index (χ4v) is 3.62. The SMILES string of the molecule is Cc1nn(C)c(C)c1NS(=O)(=O)c1ccc(NCc2ccn(C)n2)nc1. The lowest BCUT2D eigenvalue weighted by Crippen LogP contribution is -2.14. The summed E-state index contributed by atoms with van der Waals surface area (Å²) in [7, 11) is -0.120. The van der Waals surface area contributed by atoms with Gasteiger partial charge >= 0.3 is 0 Å². The zero-order valence-corrected chi connectivity index (χ0v) is 15.9. The van der Waals surface area contributed by atoms with Crippen molar-refractivity contribution < 1.29 is 8.42 Å². The van der Waals surface area contributed by atoms with E-state index < -0.39 is 10.0 Å². The number of sulfonamides is 1. The largest absolute Gasteiger partial charge is 0.364 e. The summed E-state index contributed by atoms with van der Waals surface area (Å²) in [6.07, 6.45) is 3.18. The number of aromatic nitrogens is 5. The average Bonchev–Trinajstić information content (AvgIpc) is 3.11. The third kappa shape index (κ3) is 3.69. The molecule has 0 spiro atoms. The Balaban J connectivity index is 1.72. The lowest BCUT2D eigenvalue weighted by molar-refractivity contribution is 0.600. The van der Waals surface area contributed by atoms with E-state index in [-0.39, 0.29) is 4.90 Å². The number of aryl methyl sites for hydroxylation is 3. The third-order valence-electron chi connectivity index (χ3n) is 4.01. The highest BCUT2D eigenvalue weighted by Crippen LogP contribution is 2.22. The molecule has 3 heterocycles. The first kappa shape index (κ1) is 17.9. The summed E-state index contributed by atoms with van der Waals surface area (Å²) in [5, 5.41) is 11.6. The fraction of sp³-hybridized carbons (Fsp3) is 0.312. The zero-order chi connectivity index (χ0) is 18.9. The molecular weight excluding hydrogens is 354 g/mol. The maximum Gasteiger partial charge on any atom is 0.263 e. The summed E-state index contributed by atoms with van der Waals surface area (Å²) < 4.78 is 31.1. The molecule has 138 valence electrons. The first-order valence-electron chi connectivity index (χ1n) is 7.98. The number of pyridine rings is 1. The average molecular weight is 375 g/mol. The monoisotopic (exact) mass is 375 g/mol. The maximum atomic E-state index is 12.6. The van der Waals surface area contributed by atoms with Crippen molar-refractivity contribution in [3.63, 3.8) is 0 Å². The molecule has 0 saturated carbocycles. The number of hydrogen-bond donors (Lipinski definition) is 2. The quantitative estimate of drug-likeness (QED) is 0.677. The van der Waals surface area contributed by atoms with Crippen molar-refractivity contribution in [2.75, 3.05) is 10.0 Å². The minimum Gasteiger partial charge on any atom is -0.364 e. The van der Waals surface area contributed by atoms with Crippen molar-refractivity contribution in [3.8, 4) is 0 Å². The number of nitrogens with one attached hydrogen (secondary N) is 2. The summed E-state index contributed by atoms with van der Waals surface area (Å²) in [6, 6.07) is 5.03. The normalized spacial score (nSPS) is 11.5. The van der Waals surface area contributed by atoms with E-state index in [1.807, 2.05) is 19.3 Å². The third-order valence-corrected chi connectivity index (χ3v) is 5.35. The molecule has 9 nitrogen and oxygen atoms in total. The number of nitrogens with zero attached hydrogens (tertiary/aromatic N) is 5. The predicted octanol–water partition coefficient (Wildman–Crippen LogP) is 1.58. The van der Waals surface area contributed by atoms with Crippen LogP contribution in [0.2, 0.25) is 0 Å². The summed E-state index contributed by atoms with van der Waals surface area (Å²) in [5.74, 6) is 0.573. The topological polar surface area (TPSA) is 107 Å². The highest BCUT2D eigenvalue weighted by atomic mass is 32.2. The van der Waals surface area contributed by atoms with E-state index in [0.29, 0.717) is 23.7 Å². The van der Waals surface area contributed by atoms with Gasteiger partial charge in [-0.1, -0.05) is 0 Å². The van der Waals surface area contributed by atoms with E-state index in [4.69, 9.17) is 0 Å². The predicted molar refractivity (Wildman–Crippen MR) is 98.3 cm³/mol. The van der Waals surface area contributed by atoms with Gasteiger partial charge in [-0.05, 0) is 32.0 Å². The van der Waals surface area contributed by atoms with E-state index >= 15 is 0 Å². The Morgan fingerprint density at radius 2 is 1.88 bits per heavy atom. The van der Waals surface area contributed by atoms with Gasteiger partial charge in [0.25, 0.3) is 10.0 Å². The molecule has 0 aliphatic heterocycles. The molecular formula is C16H21N7O2S. The number of hydrogen-bond acceptors (Lipinski definition) is 6. The molecule has 0 saturated heterocycles. The van der Waals surface area contributed by atoms with Crippen LogP contribution >= 0.6 is 0 Å². The van der Waals surface area contributed by atoms with Crippen molar-refractivity contribution in [2.45, 2.75) is 25.3 Å². The summed E-state index contributed by atoms with van der Waals surface area (Å²) in [5.41, 5.74) is 2.72. The lowest BCUT2D eigenvalue weighted by Gasteiger charge is -2.09. The minimum absolute atomic E-state index is 0.0866. The molecule has 0 unspecified atom stereocenters. The van der Waals surface area contributed by atoms with Crippen LogP contribution in [0.4, 0.5) is 11.5 Å². The highest BCUT2D eigenvalue weighted by Gasteiger charge is 2.19. The van der Waals surface area contributed by atoms with E-state index in [0.717, 1.165) is 11.4 Å². The van der Waals surface area contributed by atoms with E-state index in [1.165, 1.54) is 12.3 Å². The first-order chi connectivity index (χ1) is 12.3. The van der Waals surface area contributed by atoms with Crippen molar-refractivity contribution >= 4 is 21.5 Å². The zero-order valence-electron chi connectivity index (χ0n) is 15.1. The van der Waals surface area contributed by atoms with Gasteiger partial charge in [-0.2, -0.15) is 10.2 Å². The first-order valence-corrected chi connectivity index (χ1v) is 9.46. The van der Waals surface area contributed by atoms with Gasteiger partial charge in [0, 0.05) is 26.5 Å². The second-order valence-corrected chi connectivity index (χ2v) is 7.67. The van der Waals surface area contributed by atoms with Gasteiger partial charge in [-0.15, -0.1) is 0 Å². The molecule has 3 aromatic rings. The van der Waals surface area contributed by atoms with Crippen LogP contribution in [0.1, 0.15) is 17.1 Å². The smallest absolute Gasteiger partial charge is 0.263 e. The van der Waals surface area contributed by atoms with Crippen LogP contribution in [0.15, 0.2) is 35.5 Å². The Kier molecular flexibility index (Phi) is 4.68. The minimum atomic E-state index is -3.73. The van der Waals surface area contributed by atoms with Crippen LogP contribution in [-0.2, 0) is 30.7 Å². The number of anilines is 2. The van der Waals surface area contributed by atoms with Gasteiger partial charge in [0.05, 0.1) is 29.3 Å². The molecule has 3 aromatic heterocycles. The Morgan fingerprint density at radius 3 is 2.42 bits per heavy atom. The van der Waals surface area contributed by atoms with Gasteiger partial charge < -0.3 is 5.32 Å². The molecule has 0 fully saturated rings. The Bertz CT molecular complexity index is 1020. The summed E-state index contributed by atoms with van der Waals surface area (Å²) in [6.45, 7) is 4.07. The highest BCUT2D eigenvalue weighted by molar-refractivity contribution is 7.92. The van der Waals surface area contributed by atoms with Crippen LogP contribution in [0.25, 0.3) is 0 Å². The van der Waals surface area contributed by atoms with Crippen LogP contribution in [0.3, 0.4) is 0 Å². The molecule has 10 heteroatoms. The van der Waals surface area contributed by atoms with Gasteiger partial charge in [0.1, 0.15) is 10.7 Å². The Hall–Kier alpha value is -2.88. The summed E-state index contributed by atoms with van der Waals surface area (Å²) in [4.78, 5) is 4.26. The Labute approximate surface area is 152 Å². The second kappa shape index (κ2) is 6.79.